The van der Waals surface area contributed by atoms with Crippen molar-refractivity contribution in [2.24, 2.45) is 0 Å². The molecule has 0 saturated carbocycles. The molecular weight excluding hydrogens is 448 g/mol. The maximum Gasteiger partial charge on any atom is 0.338 e. The van der Waals surface area contributed by atoms with Gasteiger partial charge >= 0.3 is 5.97 Å². The van der Waals surface area contributed by atoms with E-state index in [4.69, 9.17) is 14.2 Å². The third-order valence-corrected chi connectivity index (χ3v) is 6.66. The summed E-state index contributed by atoms with van der Waals surface area (Å²) in [5.41, 5.74) is 0.925. The van der Waals surface area contributed by atoms with Gasteiger partial charge in [0.25, 0.3) is 5.91 Å². The molecule has 0 aromatic heterocycles. The lowest BCUT2D eigenvalue weighted by atomic mass is 10.2. The van der Waals surface area contributed by atoms with Gasteiger partial charge in [0.1, 0.15) is 5.75 Å². The van der Waals surface area contributed by atoms with Gasteiger partial charge in [-0.1, -0.05) is 18.2 Å². The molecule has 0 bridgehead atoms. The summed E-state index contributed by atoms with van der Waals surface area (Å²) in [7, 11) is -2.18. The number of methoxy groups -OCH3 is 1. The SMILES string of the molecule is COc1ccccc1CNC(=O)C(C)OC(=O)c1ccc(S(=O)(=O)NCC2CCCO2)cc1. The van der Waals surface area contributed by atoms with E-state index >= 15 is 0 Å². The van der Waals surface area contributed by atoms with E-state index < -0.39 is 28.0 Å². The molecular formula is C23H28N2O7S. The summed E-state index contributed by atoms with van der Waals surface area (Å²) in [5, 5.41) is 2.70. The van der Waals surface area contributed by atoms with Gasteiger partial charge in [0.2, 0.25) is 10.0 Å². The average molecular weight is 477 g/mol. The van der Waals surface area contributed by atoms with Crippen LogP contribution in [0.3, 0.4) is 0 Å². The van der Waals surface area contributed by atoms with Gasteiger partial charge in [-0.2, -0.15) is 0 Å². The third kappa shape index (κ3) is 6.77. The number of nitrogens with one attached hydrogen (secondary N) is 2. The largest absolute Gasteiger partial charge is 0.496 e. The Bertz CT molecular complexity index is 1060. The first-order chi connectivity index (χ1) is 15.8. The first-order valence-electron chi connectivity index (χ1n) is 10.6. The Morgan fingerprint density at radius 1 is 1.15 bits per heavy atom. The minimum absolute atomic E-state index is 0.0275. The number of hydrogen-bond acceptors (Lipinski definition) is 7. The van der Waals surface area contributed by atoms with Crippen molar-refractivity contribution < 1.29 is 32.2 Å². The fourth-order valence-corrected chi connectivity index (χ4v) is 4.39. The fraction of sp³-hybridized carbons (Fsp3) is 0.391. The first-order valence-corrected chi connectivity index (χ1v) is 12.1. The Kier molecular flexibility index (Phi) is 8.43. The first kappa shape index (κ1) is 24.7. The Morgan fingerprint density at radius 3 is 2.55 bits per heavy atom. The summed E-state index contributed by atoms with van der Waals surface area (Å²) >= 11 is 0. The molecule has 2 aromatic carbocycles. The molecule has 1 heterocycles. The van der Waals surface area contributed by atoms with Crippen LogP contribution in [0.4, 0.5) is 0 Å². The Balaban J connectivity index is 1.52. The molecule has 9 nitrogen and oxygen atoms in total. The van der Waals surface area contributed by atoms with Crippen LogP contribution < -0.4 is 14.8 Å². The van der Waals surface area contributed by atoms with Crippen molar-refractivity contribution in [3.05, 3.63) is 59.7 Å². The third-order valence-electron chi connectivity index (χ3n) is 5.22. The maximum absolute atomic E-state index is 12.4. The van der Waals surface area contributed by atoms with Gasteiger partial charge < -0.3 is 19.5 Å². The number of rotatable bonds is 10. The van der Waals surface area contributed by atoms with Crippen LogP contribution in [-0.4, -0.2) is 52.8 Å². The number of hydrogen-bond donors (Lipinski definition) is 2. The van der Waals surface area contributed by atoms with E-state index in [1.165, 1.54) is 31.2 Å². The summed E-state index contributed by atoms with van der Waals surface area (Å²) in [5.74, 6) is -0.555. The molecule has 2 atom stereocenters. The highest BCUT2D eigenvalue weighted by Gasteiger charge is 2.22. The van der Waals surface area contributed by atoms with E-state index in [0.29, 0.717) is 12.4 Å². The van der Waals surface area contributed by atoms with Gasteiger partial charge in [0.05, 0.1) is 23.7 Å². The second-order valence-corrected chi connectivity index (χ2v) is 9.36. The van der Waals surface area contributed by atoms with E-state index in [-0.39, 0.29) is 29.7 Å². The molecule has 3 rings (SSSR count). The zero-order valence-corrected chi connectivity index (χ0v) is 19.4. The Hall–Kier alpha value is -2.95. The van der Waals surface area contributed by atoms with Crippen LogP contribution in [0.25, 0.3) is 0 Å². The molecule has 33 heavy (non-hydrogen) atoms. The molecule has 1 aliphatic rings. The monoisotopic (exact) mass is 476 g/mol. The normalized spacial score (nSPS) is 16.7. The zero-order chi connectivity index (χ0) is 23.8. The van der Waals surface area contributed by atoms with Crippen LogP contribution in [0.2, 0.25) is 0 Å². The van der Waals surface area contributed by atoms with Gasteiger partial charge in [0, 0.05) is 25.3 Å². The van der Waals surface area contributed by atoms with Gasteiger partial charge in [-0.15, -0.1) is 0 Å². The molecule has 2 N–H and O–H groups in total. The molecule has 2 aromatic rings. The van der Waals surface area contributed by atoms with Crippen molar-refractivity contribution in [2.75, 3.05) is 20.3 Å². The summed E-state index contributed by atoms with van der Waals surface area (Å²) in [6.07, 6.45) is 0.575. The summed E-state index contributed by atoms with van der Waals surface area (Å²) < 4.78 is 43.3. The van der Waals surface area contributed by atoms with Crippen LogP contribution >= 0.6 is 0 Å². The molecule has 0 radical (unpaired) electrons. The van der Waals surface area contributed by atoms with Crippen molar-refractivity contribution in [1.82, 2.24) is 10.0 Å². The number of carbonyl (C=O) groups is 2. The van der Waals surface area contributed by atoms with Crippen molar-refractivity contribution >= 4 is 21.9 Å². The summed E-state index contributed by atoms with van der Waals surface area (Å²) in [6, 6.07) is 12.6. The van der Waals surface area contributed by atoms with Crippen LogP contribution in [0.5, 0.6) is 5.75 Å². The van der Waals surface area contributed by atoms with Crippen LogP contribution in [0.15, 0.2) is 53.4 Å². The molecule has 178 valence electrons. The Morgan fingerprint density at radius 2 is 1.88 bits per heavy atom. The summed E-state index contributed by atoms with van der Waals surface area (Å²) in [4.78, 5) is 24.7. The molecule has 2 unspecified atom stereocenters. The van der Waals surface area contributed by atoms with E-state index in [1.807, 2.05) is 18.2 Å². The zero-order valence-electron chi connectivity index (χ0n) is 18.6. The number of amides is 1. The number of ether oxygens (including phenoxy) is 3. The van der Waals surface area contributed by atoms with E-state index in [1.54, 1.807) is 13.2 Å². The van der Waals surface area contributed by atoms with Crippen molar-refractivity contribution in [2.45, 2.75) is 43.4 Å². The van der Waals surface area contributed by atoms with E-state index in [2.05, 4.69) is 10.0 Å². The average Bonchev–Trinajstić information content (AvgIpc) is 3.35. The topological polar surface area (TPSA) is 120 Å². The highest BCUT2D eigenvalue weighted by atomic mass is 32.2. The number of para-hydroxylation sites is 1. The predicted octanol–water partition coefficient (Wildman–Crippen LogP) is 2.01. The second kappa shape index (κ2) is 11.3. The standard InChI is InChI=1S/C23H28N2O7S/c1-16(22(26)24-14-18-6-3-4-8-21(18)30-2)32-23(27)17-9-11-20(12-10-17)33(28,29)25-15-19-7-5-13-31-19/h3-4,6,8-12,16,19,25H,5,7,13-15H2,1-2H3,(H,24,26). The molecule has 1 amide bonds. The van der Waals surface area contributed by atoms with Gasteiger partial charge in [-0.25, -0.2) is 17.9 Å². The highest BCUT2D eigenvalue weighted by Crippen LogP contribution is 2.17. The van der Waals surface area contributed by atoms with E-state index in [0.717, 1.165) is 18.4 Å². The van der Waals surface area contributed by atoms with E-state index in [9.17, 15) is 18.0 Å². The van der Waals surface area contributed by atoms with Gasteiger partial charge in [-0.3, -0.25) is 4.79 Å². The van der Waals surface area contributed by atoms with Crippen molar-refractivity contribution in [3.8, 4) is 5.75 Å². The minimum atomic E-state index is -3.72. The highest BCUT2D eigenvalue weighted by molar-refractivity contribution is 7.89. The quantitative estimate of drug-likeness (QED) is 0.503. The second-order valence-electron chi connectivity index (χ2n) is 7.59. The predicted molar refractivity (Wildman–Crippen MR) is 120 cm³/mol. The molecule has 1 aliphatic heterocycles. The smallest absolute Gasteiger partial charge is 0.338 e. The molecule has 0 aliphatic carbocycles. The summed E-state index contributed by atoms with van der Waals surface area (Å²) in [6.45, 7) is 2.52. The van der Waals surface area contributed by atoms with Crippen LogP contribution in [0.1, 0.15) is 35.7 Å². The maximum atomic E-state index is 12.4. The lowest BCUT2D eigenvalue weighted by Gasteiger charge is -2.15. The fourth-order valence-electron chi connectivity index (χ4n) is 3.32. The van der Waals surface area contributed by atoms with Gasteiger partial charge in [-0.05, 0) is 50.1 Å². The number of esters is 1. The lowest BCUT2D eigenvalue weighted by Crippen LogP contribution is -2.35. The van der Waals surface area contributed by atoms with Gasteiger partial charge in [0.15, 0.2) is 6.10 Å². The van der Waals surface area contributed by atoms with Crippen molar-refractivity contribution in [1.29, 1.82) is 0 Å². The Labute approximate surface area is 193 Å². The van der Waals surface area contributed by atoms with Crippen LogP contribution in [-0.2, 0) is 30.8 Å². The number of carbonyl (C=O) groups excluding carboxylic acids is 2. The number of sulfonamides is 1. The van der Waals surface area contributed by atoms with Crippen LogP contribution in [0, 0.1) is 0 Å². The lowest BCUT2D eigenvalue weighted by molar-refractivity contribution is -0.129. The minimum Gasteiger partial charge on any atom is -0.496 e. The molecule has 0 spiro atoms. The number of benzene rings is 2. The molecule has 1 saturated heterocycles. The molecule has 1 fully saturated rings. The van der Waals surface area contributed by atoms with Crippen molar-refractivity contribution in [3.63, 3.8) is 0 Å². The molecule has 10 heteroatoms.